The number of oxazole rings is 1. The first kappa shape index (κ1) is 10.9. The van der Waals surface area contributed by atoms with E-state index in [2.05, 4.69) is 31.0 Å². The van der Waals surface area contributed by atoms with Crippen molar-refractivity contribution in [2.24, 2.45) is 0 Å². The summed E-state index contributed by atoms with van der Waals surface area (Å²) in [6.45, 7) is 4.24. The smallest absolute Gasteiger partial charge is 0.226 e. The van der Waals surface area contributed by atoms with Gasteiger partial charge in [0.25, 0.3) is 0 Å². The molecule has 1 aromatic carbocycles. The van der Waals surface area contributed by atoms with Gasteiger partial charge < -0.3 is 9.52 Å². The van der Waals surface area contributed by atoms with Crippen LogP contribution in [0.25, 0.3) is 11.5 Å². The van der Waals surface area contributed by atoms with Gasteiger partial charge >= 0.3 is 0 Å². The molecule has 1 heterocycles. The first-order valence-corrected chi connectivity index (χ1v) is 5.33. The van der Waals surface area contributed by atoms with Crippen LogP contribution in [0.2, 0.25) is 0 Å². The zero-order chi connectivity index (χ0) is 11.5. The molecule has 84 valence electrons. The highest BCUT2D eigenvalue weighted by Gasteiger charge is 2.07. The number of aromatic nitrogens is 1. The highest BCUT2D eigenvalue weighted by Crippen LogP contribution is 2.21. The van der Waals surface area contributed by atoms with Crippen molar-refractivity contribution in [2.75, 3.05) is 6.61 Å². The van der Waals surface area contributed by atoms with E-state index >= 15 is 0 Å². The van der Waals surface area contributed by atoms with Gasteiger partial charge in [0.05, 0.1) is 5.69 Å². The van der Waals surface area contributed by atoms with Gasteiger partial charge in [-0.05, 0) is 37.1 Å². The standard InChI is InChI=1S/C13H15NO2/c1-9-3-4-11(7-10(9)2)13-14-12(5-6-15)8-16-13/h3-4,7-8,15H,5-6H2,1-2H3. The Balaban J connectivity index is 2.31. The molecule has 3 nitrogen and oxygen atoms in total. The van der Waals surface area contributed by atoms with Gasteiger partial charge in [-0.2, -0.15) is 0 Å². The Hall–Kier alpha value is -1.61. The topological polar surface area (TPSA) is 46.3 Å². The Morgan fingerprint density at radius 3 is 2.75 bits per heavy atom. The van der Waals surface area contributed by atoms with Crippen LogP contribution in [0.4, 0.5) is 0 Å². The van der Waals surface area contributed by atoms with Gasteiger partial charge in [-0.1, -0.05) is 6.07 Å². The normalized spacial score (nSPS) is 10.7. The maximum atomic E-state index is 8.80. The molecule has 0 bridgehead atoms. The minimum Gasteiger partial charge on any atom is -0.444 e. The fraction of sp³-hybridized carbons (Fsp3) is 0.308. The Labute approximate surface area is 94.8 Å². The minimum absolute atomic E-state index is 0.0961. The Morgan fingerprint density at radius 1 is 1.25 bits per heavy atom. The molecular formula is C13H15NO2. The highest BCUT2D eigenvalue weighted by atomic mass is 16.3. The first-order chi connectivity index (χ1) is 7.70. The van der Waals surface area contributed by atoms with Gasteiger partial charge in [-0.3, -0.25) is 0 Å². The summed E-state index contributed by atoms with van der Waals surface area (Å²) in [4.78, 5) is 4.31. The second kappa shape index (κ2) is 4.49. The van der Waals surface area contributed by atoms with E-state index in [0.29, 0.717) is 12.3 Å². The average molecular weight is 217 g/mol. The van der Waals surface area contributed by atoms with Crippen molar-refractivity contribution in [2.45, 2.75) is 20.3 Å². The lowest BCUT2D eigenvalue weighted by molar-refractivity contribution is 0.298. The number of aliphatic hydroxyl groups is 1. The van der Waals surface area contributed by atoms with Crippen molar-refractivity contribution in [3.8, 4) is 11.5 Å². The second-order valence-corrected chi connectivity index (χ2v) is 3.92. The van der Waals surface area contributed by atoms with E-state index in [1.54, 1.807) is 6.26 Å². The average Bonchev–Trinajstić information content (AvgIpc) is 2.71. The maximum absolute atomic E-state index is 8.80. The summed E-state index contributed by atoms with van der Waals surface area (Å²) in [5.41, 5.74) is 4.24. The van der Waals surface area contributed by atoms with E-state index in [4.69, 9.17) is 9.52 Å². The molecule has 0 aliphatic carbocycles. The van der Waals surface area contributed by atoms with Gasteiger partial charge in [0, 0.05) is 18.6 Å². The number of hydrogen-bond donors (Lipinski definition) is 1. The molecule has 2 aromatic rings. The third-order valence-electron chi connectivity index (χ3n) is 2.67. The van der Waals surface area contributed by atoms with E-state index in [0.717, 1.165) is 11.3 Å². The molecule has 0 spiro atoms. The molecule has 0 aliphatic heterocycles. The SMILES string of the molecule is Cc1ccc(-c2nc(CCO)co2)cc1C. The molecule has 0 saturated heterocycles. The van der Waals surface area contributed by atoms with Crippen LogP contribution in [0.1, 0.15) is 16.8 Å². The first-order valence-electron chi connectivity index (χ1n) is 5.33. The number of nitrogens with zero attached hydrogens (tertiary/aromatic N) is 1. The quantitative estimate of drug-likeness (QED) is 0.859. The highest BCUT2D eigenvalue weighted by molar-refractivity contribution is 5.55. The Morgan fingerprint density at radius 2 is 2.06 bits per heavy atom. The van der Waals surface area contributed by atoms with Crippen LogP contribution in [-0.2, 0) is 6.42 Å². The molecule has 3 heteroatoms. The molecule has 1 N–H and O–H groups in total. The Bertz CT molecular complexity index is 488. The number of aliphatic hydroxyl groups excluding tert-OH is 1. The van der Waals surface area contributed by atoms with Crippen LogP contribution in [0.5, 0.6) is 0 Å². The van der Waals surface area contributed by atoms with Gasteiger partial charge in [0.15, 0.2) is 0 Å². The fourth-order valence-corrected chi connectivity index (χ4v) is 1.54. The molecule has 0 saturated carbocycles. The van der Waals surface area contributed by atoms with Crippen LogP contribution in [0.15, 0.2) is 28.9 Å². The summed E-state index contributed by atoms with van der Waals surface area (Å²) >= 11 is 0. The molecule has 0 atom stereocenters. The lowest BCUT2D eigenvalue weighted by Gasteiger charge is -2.01. The monoisotopic (exact) mass is 217 g/mol. The number of benzene rings is 1. The van der Waals surface area contributed by atoms with Crippen molar-refractivity contribution >= 4 is 0 Å². The van der Waals surface area contributed by atoms with Crippen LogP contribution < -0.4 is 0 Å². The summed E-state index contributed by atoms with van der Waals surface area (Å²) in [6.07, 6.45) is 2.13. The van der Waals surface area contributed by atoms with E-state index in [1.807, 2.05) is 6.07 Å². The van der Waals surface area contributed by atoms with E-state index < -0.39 is 0 Å². The van der Waals surface area contributed by atoms with E-state index in [1.165, 1.54) is 11.1 Å². The predicted octanol–water partition coefficient (Wildman–Crippen LogP) is 2.49. The fourth-order valence-electron chi connectivity index (χ4n) is 1.54. The largest absolute Gasteiger partial charge is 0.444 e. The number of hydrogen-bond acceptors (Lipinski definition) is 3. The lowest BCUT2D eigenvalue weighted by atomic mass is 10.1. The maximum Gasteiger partial charge on any atom is 0.226 e. The van der Waals surface area contributed by atoms with Crippen molar-refractivity contribution in [3.63, 3.8) is 0 Å². The summed E-state index contributed by atoms with van der Waals surface area (Å²) in [5.74, 6) is 0.617. The number of rotatable bonds is 3. The summed E-state index contributed by atoms with van der Waals surface area (Å²) in [7, 11) is 0. The zero-order valence-electron chi connectivity index (χ0n) is 9.53. The van der Waals surface area contributed by atoms with Crippen LogP contribution in [0, 0.1) is 13.8 Å². The van der Waals surface area contributed by atoms with E-state index in [-0.39, 0.29) is 6.61 Å². The molecule has 0 unspecified atom stereocenters. The molecule has 1 aromatic heterocycles. The molecule has 16 heavy (non-hydrogen) atoms. The van der Waals surface area contributed by atoms with Crippen molar-refractivity contribution in [1.82, 2.24) is 4.98 Å². The van der Waals surface area contributed by atoms with Crippen molar-refractivity contribution in [1.29, 1.82) is 0 Å². The third kappa shape index (κ3) is 2.14. The van der Waals surface area contributed by atoms with Gasteiger partial charge in [-0.15, -0.1) is 0 Å². The predicted molar refractivity (Wildman–Crippen MR) is 62.2 cm³/mol. The third-order valence-corrected chi connectivity index (χ3v) is 2.67. The molecular weight excluding hydrogens is 202 g/mol. The molecule has 2 rings (SSSR count). The lowest BCUT2D eigenvalue weighted by Crippen LogP contribution is -1.90. The summed E-state index contributed by atoms with van der Waals surface area (Å²) in [5, 5.41) is 8.80. The van der Waals surface area contributed by atoms with Crippen LogP contribution >= 0.6 is 0 Å². The van der Waals surface area contributed by atoms with Crippen LogP contribution in [0.3, 0.4) is 0 Å². The zero-order valence-corrected chi connectivity index (χ0v) is 9.53. The van der Waals surface area contributed by atoms with Crippen molar-refractivity contribution < 1.29 is 9.52 Å². The van der Waals surface area contributed by atoms with Gasteiger partial charge in [-0.25, -0.2) is 4.98 Å². The van der Waals surface area contributed by atoms with Crippen LogP contribution in [-0.4, -0.2) is 16.7 Å². The molecule has 0 radical (unpaired) electrons. The summed E-state index contributed by atoms with van der Waals surface area (Å²) in [6, 6.07) is 6.11. The van der Waals surface area contributed by atoms with Gasteiger partial charge in [0.2, 0.25) is 5.89 Å². The van der Waals surface area contributed by atoms with Crippen molar-refractivity contribution in [3.05, 3.63) is 41.3 Å². The molecule has 0 aliphatic rings. The summed E-state index contributed by atoms with van der Waals surface area (Å²) < 4.78 is 5.38. The number of aryl methyl sites for hydroxylation is 2. The molecule has 0 amide bonds. The van der Waals surface area contributed by atoms with Gasteiger partial charge in [0.1, 0.15) is 6.26 Å². The van der Waals surface area contributed by atoms with E-state index in [9.17, 15) is 0 Å². The minimum atomic E-state index is 0.0961. The Kier molecular flexibility index (Phi) is 3.06. The molecule has 0 fully saturated rings. The second-order valence-electron chi connectivity index (χ2n) is 3.92.